The fraction of sp³-hybridized carbons (Fsp3) is 0.133. The number of nitrogens with one attached hydrogen (secondary N) is 2. The van der Waals surface area contributed by atoms with Gasteiger partial charge in [-0.1, -0.05) is 0 Å². The molecule has 0 aliphatic carbocycles. The molecule has 2 N–H and O–H groups in total. The molecule has 1 aromatic heterocycles. The second-order valence-electron chi connectivity index (χ2n) is 4.93. The lowest BCUT2D eigenvalue weighted by Gasteiger charge is -2.19. The van der Waals surface area contributed by atoms with E-state index in [-0.39, 0.29) is 5.82 Å². The Labute approximate surface area is 145 Å². The molecule has 0 spiro atoms. The summed E-state index contributed by atoms with van der Waals surface area (Å²) in [4.78, 5) is 16.8. The van der Waals surface area contributed by atoms with E-state index in [0.29, 0.717) is 17.2 Å². The smallest absolute Gasteiger partial charge is 0.172 e. The molecule has 3 rings (SSSR count). The highest BCUT2D eigenvalue weighted by molar-refractivity contribution is 14.1. The van der Waals surface area contributed by atoms with Crippen molar-refractivity contribution in [2.45, 2.75) is 6.17 Å². The maximum absolute atomic E-state index is 14.1. The number of carbonyl (C=O) groups excluding carboxylic acids is 1. The molecule has 0 saturated heterocycles. The van der Waals surface area contributed by atoms with E-state index in [1.807, 2.05) is 6.07 Å². The minimum absolute atomic E-state index is 0.348. The number of amidine groups is 1. The van der Waals surface area contributed by atoms with Gasteiger partial charge in [0.25, 0.3) is 0 Å². The molecule has 23 heavy (non-hydrogen) atoms. The molecule has 0 radical (unpaired) electrons. The predicted octanol–water partition coefficient (Wildman–Crippen LogP) is 2.29. The van der Waals surface area contributed by atoms with Crippen LogP contribution >= 0.6 is 22.6 Å². The molecule has 0 saturated carbocycles. The first-order valence-corrected chi connectivity index (χ1v) is 7.86. The van der Waals surface area contributed by atoms with Crippen LogP contribution in [0, 0.1) is 9.39 Å². The fourth-order valence-electron chi connectivity index (χ4n) is 2.22. The molecule has 118 valence electrons. The zero-order chi connectivity index (χ0) is 16.4. The quantitative estimate of drug-likeness (QED) is 0.582. The van der Waals surface area contributed by atoms with Crippen molar-refractivity contribution in [1.29, 1.82) is 0 Å². The first-order valence-electron chi connectivity index (χ1n) is 6.78. The molecule has 0 amide bonds. The van der Waals surface area contributed by atoms with E-state index in [4.69, 9.17) is 0 Å². The average molecular weight is 425 g/mol. The van der Waals surface area contributed by atoms with Crippen molar-refractivity contribution in [1.82, 2.24) is 15.3 Å². The molecule has 1 aliphatic rings. The third kappa shape index (κ3) is 3.11. The first-order chi connectivity index (χ1) is 11.1. The Morgan fingerprint density at radius 2 is 2.22 bits per heavy atom. The van der Waals surface area contributed by atoms with Crippen molar-refractivity contribution in [2.75, 3.05) is 12.4 Å². The summed E-state index contributed by atoms with van der Waals surface area (Å²) < 4.78 is 14.9. The van der Waals surface area contributed by atoms with E-state index in [1.54, 1.807) is 36.5 Å². The maximum atomic E-state index is 14.1. The van der Waals surface area contributed by atoms with E-state index >= 15 is 0 Å². The first kappa shape index (κ1) is 15.7. The van der Waals surface area contributed by atoms with Crippen molar-refractivity contribution in [3.05, 3.63) is 51.6 Å². The second kappa shape index (κ2) is 6.49. The molecule has 0 bridgehead atoms. The van der Waals surface area contributed by atoms with Gasteiger partial charge in [0.05, 0.1) is 17.6 Å². The molecule has 2 heterocycles. The summed E-state index contributed by atoms with van der Waals surface area (Å²) in [6.45, 7) is 0. The fourth-order valence-corrected chi connectivity index (χ4v) is 2.67. The van der Waals surface area contributed by atoms with E-state index < -0.39 is 6.17 Å². The van der Waals surface area contributed by atoms with Crippen molar-refractivity contribution < 1.29 is 9.18 Å². The predicted molar refractivity (Wildman–Crippen MR) is 93.9 cm³/mol. The van der Waals surface area contributed by atoms with Crippen LogP contribution in [0.1, 0.15) is 5.56 Å². The van der Waals surface area contributed by atoms with Crippen LogP contribution in [0.4, 0.5) is 15.8 Å². The molecule has 1 unspecified atom stereocenters. The number of hydrazone groups is 1. The number of likely N-dealkylation sites (N-methyl/N-ethyl adjacent to an activating group) is 1. The number of aldehydes is 1. The van der Waals surface area contributed by atoms with Gasteiger partial charge in [0.2, 0.25) is 0 Å². The largest absolute Gasteiger partial charge is 0.351 e. The van der Waals surface area contributed by atoms with Crippen LogP contribution in [-0.2, 0) is 4.79 Å². The van der Waals surface area contributed by atoms with Crippen LogP contribution in [0.2, 0.25) is 0 Å². The highest BCUT2D eigenvalue weighted by Crippen LogP contribution is 2.25. The number of aromatic nitrogens is 1. The van der Waals surface area contributed by atoms with Crippen LogP contribution in [0.15, 0.2) is 41.8 Å². The zero-order valence-electron chi connectivity index (χ0n) is 12.1. The van der Waals surface area contributed by atoms with Gasteiger partial charge in [-0.15, -0.1) is 0 Å². The number of carbonyl (C=O) groups is 1. The van der Waals surface area contributed by atoms with Crippen molar-refractivity contribution >= 4 is 46.1 Å². The minimum Gasteiger partial charge on any atom is -0.351 e. The Morgan fingerprint density at radius 1 is 1.39 bits per heavy atom. The average Bonchev–Trinajstić information content (AvgIpc) is 2.91. The van der Waals surface area contributed by atoms with Crippen LogP contribution in [-0.4, -0.2) is 35.2 Å². The van der Waals surface area contributed by atoms with E-state index in [1.165, 1.54) is 6.07 Å². The molecule has 2 aromatic rings. The molecule has 0 fully saturated rings. The van der Waals surface area contributed by atoms with Crippen LogP contribution in [0.5, 0.6) is 0 Å². The van der Waals surface area contributed by atoms with Gasteiger partial charge in [-0.3, -0.25) is 15.2 Å². The SMILES string of the molecule is CN1C(c2ccncc2Nc2ccc(I)cc2F)=NNC1C=O. The molecule has 1 atom stereocenters. The van der Waals surface area contributed by atoms with Crippen LogP contribution < -0.4 is 10.7 Å². The van der Waals surface area contributed by atoms with Gasteiger partial charge in [0, 0.05) is 22.4 Å². The number of rotatable bonds is 4. The maximum Gasteiger partial charge on any atom is 0.172 e. The van der Waals surface area contributed by atoms with Crippen LogP contribution in [0.25, 0.3) is 0 Å². The summed E-state index contributed by atoms with van der Waals surface area (Å²) in [5, 5.41) is 7.21. The zero-order valence-corrected chi connectivity index (χ0v) is 14.3. The second-order valence-corrected chi connectivity index (χ2v) is 6.17. The highest BCUT2D eigenvalue weighted by Gasteiger charge is 2.26. The Morgan fingerprint density at radius 3 is 2.91 bits per heavy atom. The Bertz CT molecular complexity index is 782. The van der Waals surface area contributed by atoms with E-state index in [9.17, 15) is 9.18 Å². The Hall–Kier alpha value is -2.23. The number of halogens is 2. The van der Waals surface area contributed by atoms with Gasteiger partial charge in [-0.05, 0) is 46.9 Å². The molecular formula is C15H13FIN5O. The summed E-state index contributed by atoms with van der Waals surface area (Å²) in [7, 11) is 1.76. The highest BCUT2D eigenvalue weighted by atomic mass is 127. The molecule has 8 heteroatoms. The molecular weight excluding hydrogens is 412 g/mol. The van der Waals surface area contributed by atoms with E-state index in [2.05, 4.69) is 43.4 Å². The number of hydrogen-bond donors (Lipinski definition) is 2. The monoisotopic (exact) mass is 425 g/mol. The van der Waals surface area contributed by atoms with Gasteiger partial charge in [0.1, 0.15) is 5.82 Å². The summed E-state index contributed by atoms with van der Waals surface area (Å²) >= 11 is 2.05. The number of pyridine rings is 1. The van der Waals surface area contributed by atoms with Gasteiger partial charge < -0.3 is 10.2 Å². The third-order valence-corrected chi connectivity index (χ3v) is 4.12. The van der Waals surface area contributed by atoms with Crippen molar-refractivity contribution in [2.24, 2.45) is 5.10 Å². The van der Waals surface area contributed by atoms with Gasteiger partial charge in [-0.25, -0.2) is 4.39 Å². The van der Waals surface area contributed by atoms with Crippen molar-refractivity contribution in [3.8, 4) is 0 Å². The summed E-state index contributed by atoms with van der Waals surface area (Å²) in [5.74, 6) is 0.232. The lowest BCUT2D eigenvalue weighted by Crippen LogP contribution is -2.38. The number of nitrogens with zero attached hydrogens (tertiary/aromatic N) is 3. The summed E-state index contributed by atoms with van der Waals surface area (Å²) in [6, 6.07) is 6.69. The lowest BCUT2D eigenvalue weighted by atomic mass is 10.2. The molecule has 1 aromatic carbocycles. The number of benzene rings is 1. The Balaban J connectivity index is 1.94. The van der Waals surface area contributed by atoms with Gasteiger partial charge in [0.15, 0.2) is 18.3 Å². The standard InChI is InChI=1S/C15H13FIN5O/c1-22-14(8-23)20-21-15(22)10-4-5-18-7-13(10)19-12-3-2-9(17)6-11(12)16/h2-8,14,19-20H,1H3. The minimum atomic E-state index is -0.513. The normalized spacial score (nSPS) is 16.7. The number of hydrogen-bond acceptors (Lipinski definition) is 6. The molecule has 1 aliphatic heterocycles. The lowest BCUT2D eigenvalue weighted by molar-refractivity contribution is -0.111. The van der Waals surface area contributed by atoms with Crippen LogP contribution in [0.3, 0.4) is 0 Å². The van der Waals surface area contributed by atoms with Crippen molar-refractivity contribution in [3.63, 3.8) is 0 Å². The summed E-state index contributed by atoms with van der Waals surface area (Å²) in [5.41, 5.74) is 4.41. The van der Waals surface area contributed by atoms with Gasteiger partial charge in [-0.2, -0.15) is 5.10 Å². The number of anilines is 2. The third-order valence-electron chi connectivity index (χ3n) is 3.45. The van der Waals surface area contributed by atoms with Gasteiger partial charge >= 0.3 is 0 Å². The van der Waals surface area contributed by atoms with E-state index in [0.717, 1.165) is 15.4 Å². The summed E-state index contributed by atoms with van der Waals surface area (Å²) in [6.07, 6.45) is 3.47. The molecule has 6 nitrogen and oxygen atoms in total. The topological polar surface area (TPSA) is 69.6 Å². The Kier molecular flexibility index (Phi) is 4.42.